The fourth-order valence-corrected chi connectivity index (χ4v) is 10.4. The summed E-state index contributed by atoms with van der Waals surface area (Å²) in [7, 11) is 7.55. The summed E-state index contributed by atoms with van der Waals surface area (Å²) in [5, 5.41) is 18.2. The molecule has 436 valence electrons. The molecule has 0 aliphatic carbocycles. The van der Waals surface area contributed by atoms with Crippen LogP contribution in [-0.4, -0.2) is 112 Å². The smallest absolute Gasteiger partial charge is 0.410 e. The number of carbonyl (C=O) groups excluding carboxylic acids is 3. The first-order valence-electron chi connectivity index (χ1n) is 27.5. The van der Waals surface area contributed by atoms with Gasteiger partial charge in [-0.1, -0.05) is 57.0 Å². The van der Waals surface area contributed by atoms with Gasteiger partial charge >= 0.3 is 6.09 Å². The minimum absolute atomic E-state index is 0. The second kappa shape index (κ2) is 27.0. The van der Waals surface area contributed by atoms with Gasteiger partial charge in [0.05, 0.1) is 45.2 Å². The number of aryl methyl sites for hydroxylation is 6. The summed E-state index contributed by atoms with van der Waals surface area (Å²) in [5.74, 6) is 0.375. The van der Waals surface area contributed by atoms with E-state index in [4.69, 9.17) is 14.7 Å². The Labute approximate surface area is 491 Å². The summed E-state index contributed by atoms with van der Waals surface area (Å²) in [4.78, 5) is 61.4. The van der Waals surface area contributed by atoms with Crippen LogP contribution in [0.3, 0.4) is 0 Å². The summed E-state index contributed by atoms with van der Waals surface area (Å²) in [5.41, 5.74) is 15.3. The summed E-state index contributed by atoms with van der Waals surface area (Å²) >= 11 is 0. The number of rotatable bonds is 18. The molecule has 6 heterocycles. The molecule has 4 aromatic carbocycles. The number of likely N-dealkylation sites (N-methyl/N-ethyl adjacent to an activating group) is 4. The average molecular weight is 1140 g/mol. The van der Waals surface area contributed by atoms with Crippen molar-refractivity contribution < 1.29 is 19.1 Å². The van der Waals surface area contributed by atoms with Gasteiger partial charge in [0, 0.05) is 118 Å². The van der Waals surface area contributed by atoms with Gasteiger partial charge in [-0.2, -0.15) is 9.90 Å². The lowest BCUT2D eigenvalue weighted by atomic mass is 10.0. The van der Waals surface area contributed by atoms with Crippen molar-refractivity contribution in [2.75, 3.05) is 85.4 Å². The van der Waals surface area contributed by atoms with Crippen molar-refractivity contribution in [1.82, 2.24) is 39.3 Å². The molecule has 10 rings (SSSR count). The Morgan fingerprint density at radius 2 is 1.12 bits per heavy atom. The first kappa shape index (κ1) is 62.0. The molecule has 8 aromatic rings. The van der Waals surface area contributed by atoms with E-state index in [1.807, 2.05) is 91.0 Å². The molecule has 0 bridgehead atoms. The van der Waals surface area contributed by atoms with Gasteiger partial charge in [0.1, 0.15) is 5.60 Å². The maximum atomic E-state index is 12.4. The van der Waals surface area contributed by atoms with Crippen LogP contribution < -0.4 is 36.4 Å². The highest BCUT2D eigenvalue weighted by molar-refractivity contribution is 6.92. The summed E-state index contributed by atoms with van der Waals surface area (Å²) in [6.45, 7) is 21.3. The molecule has 18 nitrogen and oxygen atoms in total. The van der Waals surface area contributed by atoms with Crippen LogP contribution in [0.1, 0.15) is 63.3 Å². The molecule has 4 aromatic heterocycles. The molecule has 0 radical (unpaired) electrons. The van der Waals surface area contributed by atoms with E-state index >= 15 is 0 Å². The lowest BCUT2D eigenvalue weighted by Gasteiger charge is -2.28. The van der Waals surface area contributed by atoms with E-state index in [1.165, 1.54) is 45.1 Å². The molecule has 2 aliphatic heterocycles. The van der Waals surface area contributed by atoms with Crippen LogP contribution in [0.4, 0.5) is 50.8 Å². The summed E-state index contributed by atoms with van der Waals surface area (Å²) in [6, 6.07) is 24.8. The highest BCUT2D eigenvalue weighted by Crippen LogP contribution is 2.39. The highest BCUT2D eigenvalue weighted by atomic mass is 31.0. The molecule has 3 amide bonds. The third kappa shape index (κ3) is 14.4. The fraction of sp³-hybridized carbons (Fsp3) is 0.328. The first-order chi connectivity index (χ1) is 38.9. The molecule has 1 unspecified atom stereocenters. The molecule has 0 fully saturated rings. The number of nitrogens with zero attached hydrogens (tertiary/aromatic N) is 9. The van der Waals surface area contributed by atoms with Gasteiger partial charge in [0.25, 0.3) is 0 Å². The lowest BCUT2D eigenvalue weighted by Crippen LogP contribution is -2.38. The molecule has 83 heavy (non-hydrogen) atoms. The highest BCUT2D eigenvalue weighted by Gasteiger charge is 2.23. The Balaban J connectivity index is 0.000000236. The third-order valence-corrected chi connectivity index (χ3v) is 14.6. The predicted molar refractivity (Wildman–Crippen MR) is 346 cm³/mol. The minimum Gasteiger partial charge on any atom is -0.444 e. The Hall–Kier alpha value is -8.60. The molecular weight excluding hydrogens is 1060 g/mol. The molecule has 0 saturated heterocycles. The van der Waals surface area contributed by atoms with Crippen LogP contribution in [0.15, 0.2) is 123 Å². The minimum atomic E-state index is -0.571. The zero-order valence-corrected chi connectivity index (χ0v) is 50.2. The topological polar surface area (TPSA) is 192 Å². The number of anilines is 8. The predicted octanol–water partition coefficient (Wildman–Crippen LogP) is 12.1. The van der Waals surface area contributed by atoms with Crippen molar-refractivity contribution in [2.24, 2.45) is 0 Å². The van der Waals surface area contributed by atoms with E-state index in [2.05, 4.69) is 119 Å². The van der Waals surface area contributed by atoms with Gasteiger partial charge in [-0.05, 0) is 138 Å². The maximum Gasteiger partial charge on any atom is 0.410 e. The SMILES string of the molecule is C.C=CC(=O)Nc1cc(Nc2nccc(-c3cn4c5c(cccc35)CCC4)n2)c(C)cc1N(C)CCN(C)C(=O)OC(C)(C)C.C=CC(=O)Nc1cc(Nc2nccc(-c3cn4c5c(cccc35)CCC4)n2)c(C)cc1N(C)CCNC.P. The molecular formula is C64H81N14O4P. The second-order valence-corrected chi connectivity index (χ2v) is 21.7. The van der Waals surface area contributed by atoms with Gasteiger partial charge in [0.15, 0.2) is 0 Å². The van der Waals surface area contributed by atoms with Gasteiger partial charge < -0.3 is 55.2 Å². The normalized spacial score (nSPS) is 12.2. The number of ether oxygens (including phenoxy) is 1. The zero-order valence-electron chi connectivity index (χ0n) is 48.7. The van der Waals surface area contributed by atoms with Crippen LogP contribution in [0, 0.1) is 13.8 Å². The standard InChI is InChI=1S/C34H41N7O3.C29H33N7O.CH4.H3P/c1-8-30(42)36-28-20-27(22(2)19-29(28)39(6)17-18-40(7)33(43)44-34(3,4)5)38-32-35-15-14-26(37-32)25-21-41-16-10-12-23-11-9-13-24(25)31(23)41;1-5-27(37)32-25-17-24(19(2)16-26(25)35(4)15-13-30-3)34-29-31-12-11-23(33-29)22-18-36-14-7-9-20-8-6-10-21(22)28(20)36;;/h8-9,11,13-15,19-21H,1,10,12,16-18H2,2-7H3,(H,36,42)(H,35,37,38);5-6,8,10-12,16-18,30H,1,7,9,13-15H2,2-4H3,(H,32,37)(H,31,33,34);1H4;1H3. The Bertz CT molecular complexity index is 3680. The van der Waals surface area contributed by atoms with E-state index in [0.717, 1.165) is 108 Å². The summed E-state index contributed by atoms with van der Waals surface area (Å²) in [6.07, 6.45) is 14.6. The van der Waals surface area contributed by atoms with Gasteiger partial charge in [-0.15, -0.1) is 0 Å². The average Bonchev–Trinajstić information content (AvgIpc) is 2.51. The number of hydrogen-bond acceptors (Lipinski definition) is 13. The number of para-hydroxylation sites is 2. The van der Waals surface area contributed by atoms with Crippen molar-refractivity contribution in [3.05, 3.63) is 145 Å². The quantitative estimate of drug-likeness (QED) is 0.0403. The third-order valence-electron chi connectivity index (χ3n) is 14.6. The van der Waals surface area contributed by atoms with Crippen molar-refractivity contribution in [3.63, 3.8) is 0 Å². The summed E-state index contributed by atoms with van der Waals surface area (Å²) < 4.78 is 10.2. The van der Waals surface area contributed by atoms with Crippen LogP contribution >= 0.6 is 9.90 Å². The van der Waals surface area contributed by atoms with E-state index in [9.17, 15) is 14.4 Å². The number of nitrogens with one attached hydrogen (secondary N) is 5. The van der Waals surface area contributed by atoms with E-state index < -0.39 is 5.60 Å². The maximum absolute atomic E-state index is 12.4. The molecule has 1 atom stereocenters. The van der Waals surface area contributed by atoms with Crippen LogP contribution in [0.5, 0.6) is 0 Å². The van der Waals surface area contributed by atoms with Crippen LogP contribution in [0.25, 0.3) is 44.3 Å². The van der Waals surface area contributed by atoms with E-state index in [1.54, 1.807) is 24.3 Å². The number of carbonyl (C=O) groups is 3. The number of benzene rings is 4. The molecule has 0 spiro atoms. The Morgan fingerprint density at radius 1 is 0.663 bits per heavy atom. The molecule has 2 aliphatic rings. The molecule has 19 heteroatoms. The van der Waals surface area contributed by atoms with Crippen molar-refractivity contribution in [1.29, 1.82) is 0 Å². The lowest BCUT2D eigenvalue weighted by molar-refractivity contribution is -0.112. The molecule has 0 saturated carbocycles. The van der Waals surface area contributed by atoms with E-state index in [-0.39, 0.29) is 35.2 Å². The number of hydrogen-bond donors (Lipinski definition) is 5. The van der Waals surface area contributed by atoms with Crippen LogP contribution in [-0.2, 0) is 40.3 Å². The van der Waals surface area contributed by atoms with Gasteiger partial charge in [-0.25, -0.2) is 24.7 Å². The molecule has 5 N–H and O–H groups in total. The van der Waals surface area contributed by atoms with Crippen molar-refractivity contribution in [2.45, 2.75) is 86.4 Å². The number of amides is 3. The van der Waals surface area contributed by atoms with Crippen molar-refractivity contribution in [3.8, 4) is 22.5 Å². The first-order valence-corrected chi connectivity index (χ1v) is 27.5. The Kier molecular flexibility index (Phi) is 20.2. The van der Waals surface area contributed by atoms with Crippen LogP contribution in [0.2, 0.25) is 0 Å². The fourth-order valence-electron chi connectivity index (χ4n) is 10.4. The second-order valence-electron chi connectivity index (χ2n) is 21.7. The monoisotopic (exact) mass is 1140 g/mol. The largest absolute Gasteiger partial charge is 0.444 e. The van der Waals surface area contributed by atoms with Gasteiger partial charge in [0.2, 0.25) is 23.7 Å². The Morgan fingerprint density at radius 3 is 1.55 bits per heavy atom. The van der Waals surface area contributed by atoms with E-state index in [0.29, 0.717) is 36.4 Å². The van der Waals surface area contributed by atoms with Crippen molar-refractivity contribution >= 4 is 95.6 Å². The number of aromatic nitrogens is 6. The van der Waals surface area contributed by atoms with Gasteiger partial charge in [-0.3, -0.25) is 9.59 Å². The zero-order chi connectivity index (χ0) is 57.5.